The Morgan fingerprint density at radius 2 is 2.06 bits per heavy atom. The molecule has 0 radical (unpaired) electrons. The van der Waals surface area contributed by atoms with E-state index in [-0.39, 0.29) is 19.1 Å². The van der Waals surface area contributed by atoms with E-state index in [2.05, 4.69) is 22.0 Å². The van der Waals surface area contributed by atoms with Crippen LogP contribution >= 0.6 is 12.4 Å². The first-order valence-corrected chi connectivity index (χ1v) is 5.24. The lowest BCUT2D eigenvalue weighted by atomic mass is 9.97. The second-order valence-corrected chi connectivity index (χ2v) is 3.83. The molecule has 0 aliphatic carbocycles. The number of amidine groups is 1. The Bertz CT molecular complexity index is 353. The Hall–Kier alpha value is -1.06. The summed E-state index contributed by atoms with van der Waals surface area (Å²) < 4.78 is 0. The van der Waals surface area contributed by atoms with Gasteiger partial charge in [0.15, 0.2) is 0 Å². The molecule has 0 bridgehead atoms. The number of benzene rings is 1. The Morgan fingerprint density at radius 1 is 1.38 bits per heavy atom. The molecule has 0 spiro atoms. The van der Waals surface area contributed by atoms with Gasteiger partial charge in [-0.3, -0.25) is 0 Å². The third kappa shape index (κ3) is 2.54. The predicted octanol–water partition coefficient (Wildman–Crippen LogP) is 1.88. The van der Waals surface area contributed by atoms with Crippen molar-refractivity contribution in [3.05, 3.63) is 35.9 Å². The van der Waals surface area contributed by atoms with E-state index in [1.807, 2.05) is 25.2 Å². The second-order valence-electron chi connectivity index (χ2n) is 3.83. The summed E-state index contributed by atoms with van der Waals surface area (Å²) >= 11 is 0. The molecule has 2 rings (SSSR count). The van der Waals surface area contributed by atoms with Gasteiger partial charge in [-0.2, -0.15) is 0 Å². The van der Waals surface area contributed by atoms with Crippen LogP contribution in [0.2, 0.25) is 0 Å². The van der Waals surface area contributed by atoms with Crippen molar-refractivity contribution in [2.24, 2.45) is 4.99 Å². The number of nitrogens with zero attached hydrogens (tertiary/aromatic N) is 2. The number of hydrogen-bond acceptors (Lipinski definition) is 2. The van der Waals surface area contributed by atoms with Crippen LogP contribution in [-0.2, 0) is 0 Å². The van der Waals surface area contributed by atoms with Gasteiger partial charge >= 0.3 is 0 Å². The first-order valence-electron chi connectivity index (χ1n) is 5.24. The molecule has 0 aromatic heterocycles. The van der Waals surface area contributed by atoms with Gasteiger partial charge in [-0.25, -0.2) is 4.99 Å². The van der Waals surface area contributed by atoms with Crippen molar-refractivity contribution in [3.8, 4) is 0 Å². The third-order valence-corrected chi connectivity index (χ3v) is 2.89. The number of aliphatic hydroxyl groups is 1. The number of aliphatic imine (C=N–C) groups is 1. The van der Waals surface area contributed by atoms with Crippen LogP contribution in [0, 0.1) is 0 Å². The van der Waals surface area contributed by atoms with E-state index in [4.69, 9.17) is 5.11 Å². The molecule has 1 aliphatic heterocycles. The quantitative estimate of drug-likeness (QED) is 0.857. The fraction of sp³-hybridized carbons (Fsp3) is 0.417. The van der Waals surface area contributed by atoms with Gasteiger partial charge in [0.1, 0.15) is 12.6 Å². The van der Waals surface area contributed by atoms with Gasteiger partial charge in [0.2, 0.25) is 0 Å². The average Bonchev–Trinajstić information content (AvgIpc) is 2.63. The van der Waals surface area contributed by atoms with Crippen LogP contribution in [0.4, 0.5) is 0 Å². The van der Waals surface area contributed by atoms with Gasteiger partial charge in [0.05, 0.1) is 0 Å². The molecule has 1 saturated heterocycles. The maximum atomic E-state index is 8.89. The summed E-state index contributed by atoms with van der Waals surface area (Å²) in [5.74, 6) is 1.35. The van der Waals surface area contributed by atoms with E-state index in [9.17, 15) is 0 Å². The minimum atomic E-state index is -0.122. The Kier molecular flexibility index (Phi) is 4.77. The van der Waals surface area contributed by atoms with Gasteiger partial charge in [0, 0.05) is 19.5 Å². The Balaban J connectivity index is 0.00000128. The highest BCUT2D eigenvalue weighted by molar-refractivity contribution is 5.90. The number of likely N-dealkylation sites (N-methyl/N-ethyl adjacent to an activating group) is 1. The minimum Gasteiger partial charge on any atom is -0.374 e. The summed E-state index contributed by atoms with van der Waals surface area (Å²) in [4.78, 5) is 6.28. The van der Waals surface area contributed by atoms with E-state index in [0.29, 0.717) is 5.92 Å². The molecule has 1 aromatic carbocycles. The van der Waals surface area contributed by atoms with E-state index >= 15 is 0 Å². The lowest BCUT2D eigenvalue weighted by Gasteiger charge is -2.15. The maximum absolute atomic E-state index is 8.89. The van der Waals surface area contributed by atoms with Crippen LogP contribution in [0.5, 0.6) is 0 Å². The molecule has 88 valence electrons. The first kappa shape index (κ1) is 13.0. The summed E-state index contributed by atoms with van der Waals surface area (Å²) in [7, 11) is 2.03. The summed E-state index contributed by atoms with van der Waals surface area (Å²) in [5.41, 5.74) is 1.29. The molecule has 1 N–H and O–H groups in total. The topological polar surface area (TPSA) is 35.8 Å². The molecule has 1 fully saturated rings. The second kappa shape index (κ2) is 5.87. The number of hydrogen-bond donors (Lipinski definition) is 1. The van der Waals surface area contributed by atoms with Crippen molar-refractivity contribution < 1.29 is 5.11 Å². The molecule has 1 aliphatic rings. The highest BCUT2D eigenvalue weighted by atomic mass is 35.5. The Labute approximate surface area is 102 Å². The van der Waals surface area contributed by atoms with Gasteiger partial charge in [-0.15, -0.1) is 12.4 Å². The van der Waals surface area contributed by atoms with Crippen LogP contribution < -0.4 is 0 Å². The summed E-state index contributed by atoms with van der Waals surface area (Å²) in [5, 5.41) is 8.89. The number of likely N-dealkylation sites (tertiary alicyclic amines) is 1. The van der Waals surface area contributed by atoms with Crippen LogP contribution in [0.3, 0.4) is 0 Å². The SMILES string of the molecule is CN1CCC(c2ccccc2)/C1=N/CO.Cl. The molecule has 3 nitrogen and oxygen atoms in total. The molecule has 0 saturated carbocycles. The van der Waals surface area contributed by atoms with Crippen molar-refractivity contribution in [3.63, 3.8) is 0 Å². The molecule has 4 heteroatoms. The standard InChI is InChI=1S/C12H16N2O.ClH/c1-14-8-7-11(12(14)13-9-15)10-5-3-2-4-6-10;/h2-6,11,15H,7-9H2,1H3;1H/b13-12-;. The van der Waals surface area contributed by atoms with Crippen LogP contribution in [-0.4, -0.2) is 36.2 Å². The normalized spacial score (nSPS) is 22.2. The smallest absolute Gasteiger partial charge is 0.136 e. The lowest BCUT2D eigenvalue weighted by molar-refractivity contribution is 0.307. The minimum absolute atomic E-state index is 0. The average molecular weight is 241 g/mol. The van der Waals surface area contributed by atoms with Crippen molar-refractivity contribution in [2.75, 3.05) is 20.3 Å². The van der Waals surface area contributed by atoms with Crippen LogP contribution in [0.25, 0.3) is 0 Å². The van der Waals surface area contributed by atoms with E-state index in [1.54, 1.807) is 0 Å². The monoisotopic (exact) mass is 240 g/mol. The van der Waals surface area contributed by atoms with Crippen LogP contribution in [0.15, 0.2) is 35.3 Å². The number of halogens is 1. The van der Waals surface area contributed by atoms with E-state index in [0.717, 1.165) is 18.8 Å². The van der Waals surface area contributed by atoms with Gasteiger partial charge in [0.25, 0.3) is 0 Å². The largest absolute Gasteiger partial charge is 0.374 e. The Morgan fingerprint density at radius 3 is 2.69 bits per heavy atom. The molecule has 0 amide bonds. The van der Waals surface area contributed by atoms with E-state index < -0.39 is 0 Å². The van der Waals surface area contributed by atoms with Gasteiger partial charge in [-0.1, -0.05) is 30.3 Å². The maximum Gasteiger partial charge on any atom is 0.136 e. The van der Waals surface area contributed by atoms with Crippen molar-refractivity contribution >= 4 is 18.2 Å². The predicted molar refractivity (Wildman–Crippen MR) is 68.2 cm³/mol. The molecule has 1 aromatic rings. The van der Waals surface area contributed by atoms with Gasteiger partial charge in [-0.05, 0) is 12.0 Å². The van der Waals surface area contributed by atoms with Crippen LogP contribution in [0.1, 0.15) is 17.9 Å². The zero-order valence-electron chi connectivity index (χ0n) is 9.34. The molecular formula is C12H17ClN2O. The zero-order valence-corrected chi connectivity index (χ0v) is 10.2. The van der Waals surface area contributed by atoms with Crippen molar-refractivity contribution in [1.29, 1.82) is 0 Å². The zero-order chi connectivity index (χ0) is 10.7. The molecule has 1 heterocycles. The number of rotatable bonds is 2. The summed E-state index contributed by atoms with van der Waals surface area (Å²) in [6.45, 7) is 0.890. The molecular weight excluding hydrogens is 224 g/mol. The van der Waals surface area contributed by atoms with Crippen molar-refractivity contribution in [2.45, 2.75) is 12.3 Å². The van der Waals surface area contributed by atoms with E-state index in [1.165, 1.54) is 5.56 Å². The highest BCUT2D eigenvalue weighted by Crippen LogP contribution is 2.28. The van der Waals surface area contributed by atoms with Gasteiger partial charge < -0.3 is 10.0 Å². The molecule has 1 atom stereocenters. The summed E-state index contributed by atoms with van der Waals surface area (Å²) in [6, 6.07) is 10.4. The third-order valence-electron chi connectivity index (χ3n) is 2.89. The first-order chi connectivity index (χ1) is 7.33. The number of aliphatic hydroxyl groups excluding tert-OH is 1. The van der Waals surface area contributed by atoms with Crippen molar-refractivity contribution in [1.82, 2.24) is 4.90 Å². The highest BCUT2D eigenvalue weighted by Gasteiger charge is 2.27. The summed E-state index contributed by atoms with van der Waals surface area (Å²) in [6.07, 6.45) is 1.08. The fourth-order valence-corrected chi connectivity index (χ4v) is 2.14. The molecule has 16 heavy (non-hydrogen) atoms. The fourth-order valence-electron chi connectivity index (χ4n) is 2.14. The lowest BCUT2D eigenvalue weighted by Crippen LogP contribution is -2.22. The molecule has 1 unspecified atom stereocenters.